The highest BCUT2D eigenvalue weighted by atomic mass is 16.5. The maximum absolute atomic E-state index is 9.89. The topological polar surface area (TPSA) is 61.4 Å². The summed E-state index contributed by atoms with van der Waals surface area (Å²) in [6.07, 6.45) is 0.889. The van der Waals surface area contributed by atoms with E-state index in [0.717, 1.165) is 13.0 Å². The maximum atomic E-state index is 9.89. The summed E-state index contributed by atoms with van der Waals surface area (Å²) < 4.78 is 4.95. The second-order valence-corrected chi connectivity index (χ2v) is 2.14. The third kappa shape index (κ3) is 9.84. The maximum Gasteiger partial charge on any atom is 0.106 e. The Kier molecular flexibility index (Phi) is 9.70. The number of nitrogens with one attached hydrogen (secondary N) is 1. The van der Waals surface area contributed by atoms with Crippen LogP contribution in [-0.2, 0) is 9.84 Å². The van der Waals surface area contributed by atoms with Crippen LogP contribution in [0.15, 0.2) is 0 Å². The fourth-order valence-corrected chi connectivity index (χ4v) is 0.664. The summed E-state index contributed by atoms with van der Waals surface area (Å²) in [6, 6.07) is 0. The lowest BCUT2D eigenvalue weighted by Crippen LogP contribution is -2.20. The Bertz CT molecular complexity index is 62.7. The fourth-order valence-electron chi connectivity index (χ4n) is 0.664. The van der Waals surface area contributed by atoms with Gasteiger partial charge in [-0.2, -0.15) is 0 Å². The van der Waals surface area contributed by atoms with Crippen molar-refractivity contribution in [1.29, 1.82) is 0 Å². The molecule has 0 aliphatic heterocycles. The van der Waals surface area contributed by atoms with Gasteiger partial charge in [0.2, 0.25) is 0 Å². The Morgan fingerprint density at radius 3 is 2.73 bits per heavy atom. The minimum Gasteiger partial charge on any atom is -0.395 e. The second kappa shape index (κ2) is 9.84. The molecule has 2 N–H and O–H groups in total. The zero-order valence-corrected chi connectivity index (χ0v) is 6.71. The highest BCUT2D eigenvalue weighted by molar-refractivity contribution is 4.44. The van der Waals surface area contributed by atoms with Crippen LogP contribution in [0.5, 0.6) is 0 Å². The molecule has 4 nitrogen and oxygen atoms in total. The van der Waals surface area contributed by atoms with E-state index < -0.39 is 0 Å². The molecule has 1 radical (unpaired) electrons. The van der Waals surface area contributed by atoms with Crippen LogP contribution >= 0.6 is 0 Å². The van der Waals surface area contributed by atoms with Gasteiger partial charge in [0.1, 0.15) is 6.61 Å². The van der Waals surface area contributed by atoms with E-state index in [1.807, 2.05) is 0 Å². The summed E-state index contributed by atoms with van der Waals surface area (Å²) in [4.78, 5) is 0. The molecule has 0 unspecified atom stereocenters. The number of rotatable bonds is 8. The predicted octanol–water partition coefficient (Wildman–Crippen LogP) is -0.594. The van der Waals surface area contributed by atoms with E-state index in [2.05, 4.69) is 5.32 Å². The molecule has 0 rings (SSSR count). The highest BCUT2D eigenvalue weighted by Gasteiger charge is 1.87. The summed E-state index contributed by atoms with van der Waals surface area (Å²) >= 11 is 0. The largest absolute Gasteiger partial charge is 0.395 e. The van der Waals surface area contributed by atoms with Crippen molar-refractivity contribution in [3.8, 4) is 0 Å². The lowest BCUT2D eigenvalue weighted by Gasteiger charge is -2.02. The van der Waals surface area contributed by atoms with E-state index >= 15 is 0 Å². The van der Waals surface area contributed by atoms with E-state index in [1.54, 1.807) is 0 Å². The van der Waals surface area contributed by atoms with Gasteiger partial charge in [-0.05, 0) is 13.0 Å². The number of ether oxygens (including phenoxy) is 1. The Balaban J connectivity index is 2.69. The normalized spacial score (nSPS) is 10.4. The fraction of sp³-hybridized carbons (Fsp3) is 1.00. The van der Waals surface area contributed by atoms with Crippen LogP contribution in [0.3, 0.4) is 0 Å². The van der Waals surface area contributed by atoms with Crippen LogP contribution in [0.2, 0.25) is 0 Å². The molecular formula is C7H16NO3. The van der Waals surface area contributed by atoms with Gasteiger partial charge in [-0.25, -0.2) is 5.11 Å². The number of aliphatic hydroxyl groups is 1. The first-order valence-electron chi connectivity index (χ1n) is 3.89. The van der Waals surface area contributed by atoms with Gasteiger partial charge in [0.05, 0.1) is 13.2 Å². The molecular weight excluding hydrogens is 146 g/mol. The monoisotopic (exact) mass is 162 g/mol. The van der Waals surface area contributed by atoms with E-state index in [4.69, 9.17) is 9.84 Å². The Hall–Kier alpha value is -0.160. The first kappa shape index (κ1) is 10.8. The molecule has 67 valence electrons. The smallest absolute Gasteiger partial charge is 0.106 e. The van der Waals surface area contributed by atoms with Crippen LogP contribution in [-0.4, -0.2) is 44.6 Å². The van der Waals surface area contributed by atoms with Gasteiger partial charge < -0.3 is 15.2 Å². The van der Waals surface area contributed by atoms with Gasteiger partial charge in [0.15, 0.2) is 0 Å². The molecule has 0 bridgehead atoms. The summed E-state index contributed by atoms with van der Waals surface area (Å²) in [5, 5.41) is 21.3. The molecule has 11 heavy (non-hydrogen) atoms. The van der Waals surface area contributed by atoms with E-state index in [0.29, 0.717) is 19.8 Å². The van der Waals surface area contributed by atoms with Gasteiger partial charge in [0.25, 0.3) is 0 Å². The number of hydrogen-bond acceptors (Lipinski definition) is 3. The zero-order valence-electron chi connectivity index (χ0n) is 6.71. The van der Waals surface area contributed by atoms with Crippen LogP contribution in [0.1, 0.15) is 6.42 Å². The molecule has 0 atom stereocenters. The summed E-state index contributed by atoms with van der Waals surface area (Å²) in [5.74, 6) is 0. The van der Waals surface area contributed by atoms with Gasteiger partial charge in [0, 0.05) is 13.2 Å². The molecule has 0 amide bonds. The lowest BCUT2D eigenvalue weighted by atomic mass is 10.4. The molecule has 0 aromatic heterocycles. The molecule has 0 saturated carbocycles. The standard InChI is InChI=1S/C7H16NO3/c9-4-3-8-2-1-6-11-7-5-10/h8-9H,1-7H2. The predicted molar refractivity (Wildman–Crippen MR) is 40.9 cm³/mol. The Morgan fingerprint density at radius 1 is 1.27 bits per heavy atom. The first-order valence-corrected chi connectivity index (χ1v) is 3.89. The average Bonchev–Trinajstić information content (AvgIpc) is 2.03. The summed E-state index contributed by atoms with van der Waals surface area (Å²) in [5.41, 5.74) is 0. The third-order valence-corrected chi connectivity index (χ3v) is 1.16. The van der Waals surface area contributed by atoms with Crippen LogP contribution in [0.4, 0.5) is 0 Å². The highest BCUT2D eigenvalue weighted by Crippen LogP contribution is 1.79. The number of aliphatic hydroxyl groups excluding tert-OH is 1. The molecule has 0 aliphatic carbocycles. The lowest BCUT2D eigenvalue weighted by molar-refractivity contribution is 0.0626. The minimum absolute atomic E-state index is 0.163. The van der Waals surface area contributed by atoms with Gasteiger partial charge in [-0.1, -0.05) is 0 Å². The molecule has 0 spiro atoms. The minimum atomic E-state index is -0.163. The molecule has 0 heterocycles. The first-order chi connectivity index (χ1) is 5.41. The molecule has 0 fully saturated rings. The van der Waals surface area contributed by atoms with Crippen LogP contribution in [0, 0.1) is 0 Å². The van der Waals surface area contributed by atoms with Crippen molar-refractivity contribution < 1.29 is 14.9 Å². The molecule has 0 aromatic carbocycles. The van der Waals surface area contributed by atoms with Crippen molar-refractivity contribution in [3.05, 3.63) is 0 Å². The zero-order chi connectivity index (χ0) is 8.36. The quantitative estimate of drug-likeness (QED) is 0.469. The second-order valence-electron chi connectivity index (χ2n) is 2.14. The van der Waals surface area contributed by atoms with Crippen molar-refractivity contribution in [2.75, 3.05) is 39.5 Å². The van der Waals surface area contributed by atoms with Crippen molar-refractivity contribution in [2.24, 2.45) is 0 Å². The van der Waals surface area contributed by atoms with Gasteiger partial charge in [-0.3, -0.25) is 0 Å². The van der Waals surface area contributed by atoms with E-state index in [-0.39, 0.29) is 13.2 Å². The van der Waals surface area contributed by atoms with Crippen molar-refractivity contribution >= 4 is 0 Å². The van der Waals surface area contributed by atoms with E-state index in [1.165, 1.54) is 0 Å². The van der Waals surface area contributed by atoms with E-state index in [9.17, 15) is 5.11 Å². The molecule has 4 heteroatoms. The molecule has 0 saturated heterocycles. The van der Waals surface area contributed by atoms with Crippen molar-refractivity contribution in [3.63, 3.8) is 0 Å². The Morgan fingerprint density at radius 2 is 2.09 bits per heavy atom. The van der Waals surface area contributed by atoms with Gasteiger partial charge >= 0.3 is 0 Å². The Labute approximate surface area is 67.2 Å². The summed E-state index contributed by atoms with van der Waals surface area (Å²) in [7, 11) is 0. The van der Waals surface area contributed by atoms with Crippen LogP contribution < -0.4 is 5.32 Å². The summed E-state index contributed by atoms with van der Waals surface area (Å²) in [6.45, 7) is 2.40. The van der Waals surface area contributed by atoms with Crippen LogP contribution in [0.25, 0.3) is 0 Å². The van der Waals surface area contributed by atoms with Crippen molar-refractivity contribution in [1.82, 2.24) is 5.32 Å². The third-order valence-electron chi connectivity index (χ3n) is 1.16. The molecule has 0 aromatic rings. The average molecular weight is 162 g/mol. The van der Waals surface area contributed by atoms with Gasteiger partial charge in [-0.15, -0.1) is 0 Å². The van der Waals surface area contributed by atoms with Crippen molar-refractivity contribution in [2.45, 2.75) is 6.42 Å². The SMILES string of the molecule is [O]CCOCCCNCCO. The number of hydrogen-bond donors (Lipinski definition) is 2. The molecule has 0 aliphatic rings.